The van der Waals surface area contributed by atoms with Crippen molar-refractivity contribution in [2.45, 2.75) is 12.6 Å². The lowest BCUT2D eigenvalue weighted by Gasteiger charge is -2.06. The fourth-order valence-corrected chi connectivity index (χ4v) is 1.05. The molecule has 0 aromatic heterocycles. The number of halogens is 1. The number of alkyl halides is 1. The zero-order chi connectivity index (χ0) is 8.81. The van der Waals surface area contributed by atoms with Crippen LogP contribution < -0.4 is 0 Å². The average Bonchev–Trinajstić information content (AvgIpc) is 2.15. The van der Waals surface area contributed by atoms with Crippen molar-refractivity contribution in [1.82, 2.24) is 0 Å². The minimum absolute atomic E-state index is 0.431. The van der Waals surface area contributed by atoms with E-state index < -0.39 is 6.17 Å². The van der Waals surface area contributed by atoms with E-state index in [-0.39, 0.29) is 0 Å². The van der Waals surface area contributed by atoms with Crippen LogP contribution in [0.5, 0.6) is 0 Å². The summed E-state index contributed by atoms with van der Waals surface area (Å²) in [6.07, 6.45) is -0.466. The molecule has 0 saturated heterocycles. The van der Waals surface area contributed by atoms with E-state index in [1.165, 1.54) is 0 Å². The minimum Gasteiger partial charge on any atom is -0.385 e. The number of hydrogen-bond donors (Lipinski definition) is 0. The summed E-state index contributed by atoms with van der Waals surface area (Å²) < 4.78 is 18.0. The molecule has 0 amide bonds. The molecule has 66 valence electrons. The van der Waals surface area contributed by atoms with Gasteiger partial charge in [-0.2, -0.15) is 0 Å². The molecule has 0 spiro atoms. The van der Waals surface area contributed by atoms with E-state index in [9.17, 15) is 4.39 Å². The van der Waals surface area contributed by atoms with E-state index in [0.29, 0.717) is 13.0 Å². The zero-order valence-electron chi connectivity index (χ0n) is 7.16. The topological polar surface area (TPSA) is 9.23 Å². The number of benzene rings is 1. The molecular weight excluding hydrogens is 155 g/mol. The lowest BCUT2D eigenvalue weighted by Crippen LogP contribution is -1.96. The van der Waals surface area contributed by atoms with Crippen molar-refractivity contribution in [3.05, 3.63) is 35.9 Å². The molecule has 0 fully saturated rings. The molecule has 2 heteroatoms. The van der Waals surface area contributed by atoms with E-state index in [1.54, 1.807) is 19.2 Å². The normalized spacial score (nSPS) is 12.8. The molecule has 1 aromatic rings. The second kappa shape index (κ2) is 4.88. The number of rotatable bonds is 4. The van der Waals surface area contributed by atoms with Gasteiger partial charge < -0.3 is 4.74 Å². The highest BCUT2D eigenvalue weighted by atomic mass is 19.1. The van der Waals surface area contributed by atoms with Crippen LogP contribution in [0.25, 0.3) is 0 Å². The van der Waals surface area contributed by atoms with Gasteiger partial charge in [0.05, 0.1) is 0 Å². The van der Waals surface area contributed by atoms with Crippen molar-refractivity contribution in [1.29, 1.82) is 0 Å². The standard InChI is InChI=1S/C10H13FO/c1-12-8-7-10(11)9-5-3-2-4-6-9/h2-6,10H,7-8H2,1H3. The van der Waals surface area contributed by atoms with Gasteiger partial charge in [-0.25, -0.2) is 4.39 Å². The van der Waals surface area contributed by atoms with Crippen molar-refractivity contribution < 1.29 is 9.13 Å². The quantitative estimate of drug-likeness (QED) is 0.671. The molecule has 1 unspecified atom stereocenters. The molecule has 0 radical (unpaired) electrons. The third-order valence-electron chi connectivity index (χ3n) is 1.74. The van der Waals surface area contributed by atoms with Crippen LogP contribution in [0.15, 0.2) is 30.3 Å². The Bertz CT molecular complexity index is 210. The van der Waals surface area contributed by atoms with Gasteiger partial charge in [-0.15, -0.1) is 0 Å². The Balaban J connectivity index is 2.48. The van der Waals surface area contributed by atoms with Crippen molar-refractivity contribution in [2.75, 3.05) is 13.7 Å². The van der Waals surface area contributed by atoms with Crippen LogP contribution in [0.2, 0.25) is 0 Å². The molecule has 0 aliphatic heterocycles. The summed E-state index contributed by atoms with van der Waals surface area (Å²) in [5.74, 6) is 0. The maximum absolute atomic E-state index is 13.2. The van der Waals surface area contributed by atoms with Gasteiger partial charge in [0.2, 0.25) is 0 Å². The Hall–Kier alpha value is -0.890. The third-order valence-corrected chi connectivity index (χ3v) is 1.74. The summed E-state index contributed by atoms with van der Waals surface area (Å²) in [4.78, 5) is 0. The van der Waals surface area contributed by atoms with Crippen LogP contribution in [0.3, 0.4) is 0 Å². The zero-order valence-corrected chi connectivity index (χ0v) is 7.16. The molecule has 0 aliphatic rings. The van der Waals surface area contributed by atoms with Crippen LogP contribution >= 0.6 is 0 Å². The number of ether oxygens (including phenoxy) is 1. The lowest BCUT2D eigenvalue weighted by molar-refractivity contribution is 0.162. The Morgan fingerprint density at radius 2 is 2.00 bits per heavy atom. The monoisotopic (exact) mass is 168 g/mol. The maximum Gasteiger partial charge on any atom is 0.127 e. The van der Waals surface area contributed by atoms with Gasteiger partial charge in [-0.05, 0) is 5.56 Å². The predicted molar refractivity (Wildman–Crippen MR) is 46.8 cm³/mol. The molecule has 1 nitrogen and oxygen atoms in total. The Labute approximate surface area is 72.2 Å². The summed E-state index contributed by atoms with van der Waals surface area (Å²) in [6.45, 7) is 0.468. The SMILES string of the molecule is COCCC(F)c1ccccc1. The van der Waals surface area contributed by atoms with E-state index in [0.717, 1.165) is 5.56 Å². The molecule has 1 rings (SSSR count). The second-order valence-electron chi connectivity index (χ2n) is 2.66. The Kier molecular flexibility index (Phi) is 3.74. The molecule has 0 aliphatic carbocycles. The van der Waals surface area contributed by atoms with Crippen molar-refractivity contribution in [2.24, 2.45) is 0 Å². The molecule has 0 N–H and O–H groups in total. The van der Waals surface area contributed by atoms with Crippen LogP contribution in [0.1, 0.15) is 18.2 Å². The molecule has 0 saturated carbocycles. The van der Waals surface area contributed by atoms with Crippen LogP contribution in [0, 0.1) is 0 Å². The molecule has 1 atom stereocenters. The molecule has 12 heavy (non-hydrogen) atoms. The average molecular weight is 168 g/mol. The largest absolute Gasteiger partial charge is 0.385 e. The third kappa shape index (κ3) is 2.62. The van der Waals surface area contributed by atoms with Crippen molar-refractivity contribution >= 4 is 0 Å². The van der Waals surface area contributed by atoms with Crippen LogP contribution in [0.4, 0.5) is 4.39 Å². The van der Waals surface area contributed by atoms with Crippen LogP contribution in [-0.4, -0.2) is 13.7 Å². The first kappa shape index (κ1) is 9.20. The first-order chi connectivity index (χ1) is 5.84. The Morgan fingerprint density at radius 1 is 1.33 bits per heavy atom. The van der Waals surface area contributed by atoms with Crippen molar-refractivity contribution in [3.63, 3.8) is 0 Å². The van der Waals surface area contributed by atoms with Gasteiger partial charge in [-0.3, -0.25) is 0 Å². The first-order valence-corrected chi connectivity index (χ1v) is 4.02. The highest BCUT2D eigenvalue weighted by Crippen LogP contribution is 2.19. The predicted octanol–water partition coefficient (Wildman–Crippen LogP) is 2.73. The molecule has 0 bridgehead atoms. The summed E-state index contributed by atoms with van der Waals surface area (Å²) in [5, 5.41) is 0. The van der Waals surface area contributed by atoms with E-state index in [2.05, 4.69) is 0 Å². The highest BCUT2D eigenvalue weighted by molar-refractivity contribution is 5.17. The molecule has 0 heterocycles. The first-order valence-electron chi connectivity index (χ1n) is 4.02. The Morgan fingerprint density at radius 3 is 2.58 bits per heavy atom. The summed E-state index contributed by atoms with van der Waals surface area (Å²) >= 11 is 0. The lowest BCUT2D eigenvalue weighted by atomic mass is 10.1. The smallest absolute Gasteiger partial charge is 0.127 e. The molecular formula is C10H13FO. The van der Waals surface area contributed by atoms with Gasteiger partial charge in [-0.1, -0.05) is 30.3 Å². The van der Waals surface area contributed by atoms with Crippen LogP contribution in [-0.2, 0) is 4.74 Å². The van der Waals surface area contributed by atoms with E-state index in [4.69, 9.17) is 4.74 Å². The van der Waals surface area contributed by atoms with Gasteiger partial charge in [0.25, 0.3) is 0 Å². The summed E-state index contributed by atoms with van der Waals surface area (Å²) in [7, 11) is 1.58. The highest BCUT2D eigenvalue weighted by Gasteiger charge is 2.07. The number of hydrogen-bond acceptors (Lipinski definition) is 1. The fourth-order valence-electron chi connectivity index (χ4n) is 1.05. The van der Waals surface area contributed by atoms with Gasteiger partial charge in [0.15, 0.2) is 0 Å². The second-order valence-corrected chi connectivity index (χ2v) is 2.66. The summed E-state index contributed by atoms with van der Waals surface area (Å²) in [6, 6.07) is 9.15. The van der Waals surface area contributed by atoms with Gasteiger partial charge in [0, 0.05) is 20.1 Å². The maximum atomic E-state index is 13.2. The fraction of sp³-hybridized carbons (Fsp3) is 0.400. The minimum atomic E-state index is -0.897. The van der Waals surface area contributed by atoms with E-state index in [1.807, 2.05) is 18.2 Å². The van der Waals surface area contributed by atoms with Gasteiger partial charge in [0.1, 0.15) is 6.17 Å². The molecule has 1 aromatic carbocycles. The van der Waals surface area contributed by atoms with Gasteiger partial charge >= 0.3 is 0 Å². The summed E-state index contributed by atoms with van der Waals surface area (Å²) in [5.41, 5.74) is 0.731. The van der Waals surface area contributed by atoms with Crippen molar-refractivity contribution in [3.8, 4) is 0 Å². The van der Waals surface area contributed by atoms with E-state index >= 15 is 0 Å². The number of methoxy groups -OCH3 is 1.